The highest BCUT2D eigenvalue weighted by Crippen LogP contribution is 2.50. The van der Waals surface area contributed by atoms with E-state index in [2.05, 4.69) is 32.2 Å². The molecular weight excluding hydrogens is 409 g/mol. The number of anilines is 3. The van der Waals surface area contributed by atoms with Crippen LogP contribution in [-0.2, 0) is 11.8 Å². The third-order valence-corrected chi connectivity index (χ3v) is 7.00. The SMILES string of the molecule is Cn1cc(Nc2ncc(Cl)c(N3C[C@@H]4CN(C(=O)[C@@H]5CC5(C)F)C[C@]4(C)C3)n2)cn1. The molecule has 1 aliphatic carbocycles. The molecule has 3 aliphatic rings. The highest BCUT2D eigenvalue weighted by atomic mass is 35.5. The maximum atomic E-state index is 14.0. The summed E-state index contributed by atoms with van der Waals surface area (Å²) in [6.45, 7) is 6.49. The first kappa shape index (κ1) is 19.5. The van der Waals surface area contributed by atoms with Crippen molar-refractivity contribution in [1.29, 1.82) is 0 Å². The molecule has 1 N–H and O–H groups in total. The molecule has 0 spiro atoms. The monoisotopic (exact) mass is 433 g/mol. The average molecular weight is 434 g/mol. The summed E-state index contributed by atoms with van der Waals surface area (Å²) in [5.74, 6) is 0.938. The summed E-state index contributed by atoms with van der Waals surface area (Å²) in [6.07, 6.45) is 5.49. The Hall–Kier alpha value is -2.42. The van der Waals surface area contributed by atoms with E-state index in [4.69, 9.17) is 11.6 Å². The first-order valence-corrected chi connectivity index (χ1v) is 10.5. The fourth-order valence-electron chi connectivity index (χ4n) is 4.83. The summed E-state index contributed by atoms with van der Waals surface area (Å²) in [6, 6.07) is 0. The molecule has 2 saturated heterocycles. The van der Waals surface area contributed by atoms with Crippen LogP contribution in [0.2, 0.25) is 5.02 Å². The van der Waals surface area contributed by atoms with Crippen molar-refractivity contribution in [2.24, 2.45) is 24.3 Å². The highest BCUT2D eigenvalue weighted by molar-refractivity contribution is 6.32. The van der Waals surface area contributed by atoms with E-state index in [1.54, 1.807) is 17.1 Å². The number of hydrogen-bond donors (Lipinski definition) is 1. The molecule has 1 unspecified atom stereocenters. The van der Waals surface area contributed by atoms with Crippen molar-refractivity contribution >= 4 is 35.0 Å². The summed E-state index contributed by atoms with van der Waals surface area (Å²) in [5.41, 5.74) is -0.596. The van der Waals surface area contributed by atoms with Crippen LogP contribution in [0, 0.1) is 17.3 Å². The molecule has 2 aromatic heterocycles. The first-order valence-electron chi connectivity index (χ1n) is 10.2. The van der Waals surface area contributed by atoms with E-state index >= 15 is 0 Å². The molecule has 0 radical (unpaired) electrons. The number of halogens is 2. The normalized spacial score (nSPS) is 32.4. The standard InChI is InChI=1S/C20H25ClFN7O/c1-19-10-28(7-12(19)8-29(11-19)17(30)14-4-20(14,2)22)16-15(21)6-23-18(26-16)25-13-5-24-27(3)9-13/h5-6,9,12,14H,4,7-8,10-11H2,1-3H3,(H,23,25,26)/t12-,14+,19+,20?/m1/s1. The van der Waals surface area contributed by atoms with Crippen LogP contribution in [0.1, 0.15) is 20.3 Å². The van der Waals surface area contributed by atoms with E-state index in [0.29, 0.717) is 42.2 Å². The Kier molecular flexibility index (Phi) is 4.26. The molecule has 2 aliphatic heterocycles. The number of alkyl halides is 1. The number of aryl methyl sites for hydroxylation is 1. The van der Waals surface area contributed by atoms with Crippen LogP contribution in [0.4, 0.5) is 21.8 Å². The van der Waals surface area contributed by atoms with Crippen LogP contribution >= 0.6 is 11.6 Å². The fourth-order valence-corrected chi connectivity index (χ4v) is 5.04. The molecule has 8 nitrogen and oxygen atoms in total. The second-order valence-corrected chi connectivity index (χ2v) is 9.79. The number of carbonyl (C=O) groups is 1. The third kappa shape index (κ3) is 3.29. The van der Waals surface area contributed by atoms with E-state index < -0.39 is 11.6 Å². The lowest BCUT2D eigenvalue weighted by atomic mass is 9.83. The van der Waals surface area contributed by atoms with Gasteiger partial charge in [-0.25, -0.2) is 9.37 Å². The predicted molar refractivity (Wildman–Crippen MR) is 112 cm³/mol. The van der Waals surface area contributed by atoms with Gasteiger partial charge in [-0.2, -0.15) is 10.1 Å². The van der Waals surface area contributed by atoms with Gasteiger partial charge in [0.25, 0.3) is 0 Å². The van der Waals surface area contributed by atoms with Crippen LogP contribution in [0.15, 0.2) is 18.6 Å². The molecule has 0 aromatic carbocycles. The summed E-state index contributed by atoms with van der Waals surface area (Å²) < 4.78 is 15.7. The lowest BCUT2D eigenvalue weighted by molar-refractivity contribution is -0.132. The Balaban J connectivity index is 1.30. The first-order chi connectivity index (χ1) is 14.1. The van der Waals surface area contributed by atoms with E-state index in [1.807, 2.05) is 18.1 Å². The van der Waals surface area contributed by atoms with E-state index in [9.17, 15) is 9.18 Å². The topological polar surface area (TPSA) is 79.2 Å². The maximum Gasteiger partial charge on any atom is 0.229 e. The summed E-state index contributed by atoms with van der Waals surface area (Å²) in [4.78, 5) is 25.6. The Bertz CT molecular complexity index is 1010. The fraction of sp³-hybridized carbons (Fsp3) is 0.600. The minimum Gasteiger partial charge on any atom is -0.354 e. The maximum absolute atomic E-state index is 14.0. The molecule has 30 heavy (non-hydrogen) atoms. The van der Waals surface area contributed by atoms with Crippen molar-refractivity contribution in [2.75, 3.05) is 36.4 Å². The second-order valence-electron chi connectivity index (χ2n) is 9.38. The van der Waals surface area contributed by atoms with Crippen molar-refractivity contribution in [1.82, 2.24) is 24.6 Å². The van der Waals surface area contributed by atoms with E-state index in [1.165, 1.54) is 6.92 Å². The van der Waals surface area contributed by atoms with Gasteiger partial charge in [-0.1, -0.05) is 18.5 Å². The number of hydrogen-bond acceptors (Lipinski definition) is 6. The number of aromatic nitrogens is 4. The van der Waals surface area contributed by atoms with Crippen molar-refractivity contribution in [2.45, 2.75) is 25.9 Å². The number of amides is 1. The molecule has 0 bridgehead atoms. The van der Waals surface area contributed by atoms with Gasteiger partial charge < -0.3 is 15.1 Å². The molecule has 4 atom stereocenters. The average Bonchev–Trinajstić information content (AvgIpc) is 2.97. The van der Waals surface area contributed by atoms with Gasteiger partial charge in [0.1, 0.15) is 10.7 Å². The van der Waals surface area contributed by atoms with Gasteiger partial charge in [0.05, 0.1) is 24.0 Å². The van der Waals surface area contributed by atoms with E-state index in [-0.39, 0.29) is 11.3 Å². The van der Waals surface area contributed by atoms with Gasteiger partial charge in [0.15, 0.2) is 5.82 Å². The Morgan fingerprint density at radius 2 is 2.07 bits per heavy atom. The van der Waals surface area contributed by atoms with Gasteiger partial charge in [0, 0.05) is 50.8 Å². The minimum atomic E-state index is -1.33. The number of carbonyl (C=O) groups excluding carboxylic acids is 1. The number of nitrogens with one attached hydrogen (secondary N) is 1. The minimum absolute atomic E-state index is 0.0369. The second kappa shape index (κ2) is 6.54. The Morgan fingerprint density at radius 3 is 2.70 bits per heavy atom. The van der Waals surface area contributed by atoms with E-state index in [0.717, 1.165) is 18.8 Å². The molecule has 2 aromatic rings. The van der Waals surface area contributed by atoms with Crippen LogP contribution < -0.4 is 10.2 Å². The smallest absolute Gasteiger partial charge is 0.229 e. The zero-order valence-corrected chi connectivity index (χ0v) is 18.0. The largest absolute Gasteiger partial charge is 0.354 e. The molecule has 1 amide bonds. The van der Waals surface area contributed by atoms with Crippen LogP contribution in [0.3, 0.4) is 0 Å². The van der Waals surface area contributed by atoms with Crippen molar-refractivity contribution in [3.8, 4) is 0 Å². The molecule has 5 rings (SSSR count). The number of fused-ring (bicyclic) bond motifs is 1. The summed E-state index contributed by atoms with van der Waals surface area (Å²) in [5, 5.41) is 7.77. The van der Waals surface area contributed by atoms with Crippen molar-refractivity contribution in [3.63, 3.8) is 0 Å². The Morgan fingerprint density at radius 1 is 1.30 bits per heavy atom. The number of rotatable bonds is 4. The van der Waals surface area contributed by atoms with Gasteiger partial charge >= 0.3 is 0 Å². The predicted octanol–water partition coefficient (Wildman–Crippen LogP) is 2.64. The van der Waals surface area contributed by atoms with Crippen LogP contribution in [0.25, 0.3) is 0 Å². The number of likely N-dealkylation sites (tertiary alicyclic amines) is 1. The Labute approximate surface area is 179 Å². The molecule has 3 fully saturated rings. The zero-order valence-electron chi connectivity index (χ0n) is 17.3. The lowest BCUT2D eigenvalue weighted by Gasteiger charge is -2.26. The quantitative estimate of drug-likeness (QED) is 0.798. The van der Waals surface area contributed by atoms with Crippen LogP contribution in [-0.4, -0.2) is 62.4 Å². The van der Waals surface area contributed by atoms with Gasteiger partial charge in [0.2, 0.25) is 11.9 Å². The molecule has 160 valence electrons. The van der Waals surface area contributed by atoms with Crippen molar-refractivity contribution in [3.05, 3.63) is 23.6 Å². The lowest BCUT2D eigenvalue weighted by Crippen LogP contribution is -2.37. The zero-order chi connectivity index (χ0) is 21.3. The third-order valence-electron chi connectivity index (χ3n) is 6.74. The number of nitrogens with zero attached hydrogens (tertiary/aromatic N) is 6. The van der Waals surface area contributed by atoms with Gasteiger partial charge in [-0.3, -0.25) is 9.48 Å². The summed E-state index contributed by atoms with van der Waals surface area (Å²) >= 11 is 6.43. The van der Waals surface area contributed by atoms with Crippen LogP contribution in [0.5, 0.6) is 0 Å². The van der Waals surface area contributed by atoms with Gasteiger partial charge in [-0.05, 0) is 13.3 Å². The molecular formula is C20H25ClFN7O. The molecule has 4 heterocycles. The van der Waals surface area contributed by atoms with Crippen molar-refractivity contribution < 1.29 is 9.18 Å². The summed E-state index contributed by atoms with van der Waals surface area (Å²) in [7, 11) is 1.84. The highest BCUT2D eigenvalue weighted by Gasteiger charge is 2.59. The van der Waals surface area contributed by atoms with Gasteiger partial charge in [-0.15, -0.1) is 0 Å². The molecule has 10 heteroatoms. The molecule has 1 saturated carbocycles.